The van der Waals surface area contributed by atoms with Crippen LogP contribution in [0.5, 0.6) is 5.75 Å². The first-order chi connectivity index (χ1) is 10.1. The summed E-state index contributed by atoms with van der Waals surface area (Å²) in [7, 11) is 0. The molecule has 1 aliphatic rings. The topological polar surface area (TPSA) is 58.6 Å². The largest absolute Gasteiger partial charge is 0.491 e. The van der Waals surface area contributed by atoms with Crippen molar-refractivity contribution in [3.8, 4) is 5.75 Å². The number of fused-ring (bicyclic) bond motifs is 1. The predicted octanol–water partition coefficient (Wildman–Crippen LogP) is 1.86. The fraction of sp³-hybridized carbons (Fsp3) is 0.333. The Labute approximate surface area is 132 Å². The van der Waals surface area contributed by atoms with Crippen LogP contribution < -0.4 is 10.1 Å². The number of carbonyl (C=O) groups excluding carboxylic acids is 2. The van der Waals surface area contributed by atoms with Gasteiger partial charge in [0, 0.05) is 23.0 Å². The summed E-state index contributed by atoms with van der Waals surface area (Å²) in [5.74, 6) is 0.529. The Bertz CT molecular complexity index is 560. The van der Waals surface area contributed by atoms with Crippen LogP contribution in [0.1, 0.15) is 12.0 Å². The van der Waals surface area contributed by atoms with E-state index in [1.165, 1.54) is 6.08 Å². The monoisotopic (exact) mass is 352 g/mol. The smallest absolute Gasteiger partial charge is 0.243 e. The summed E-state index contributed by atoms with van der Waals surface area (Å²) in [5.41, 5.74) is 0.971. The molecule has 0 aromatic heterocycles. The van der Waals surface area contributed by atoms with Gasteiger partial charge >= 0.3 is 0 Å². The molecule has 112 valence electrons. The number of rotatable bonds is 4. The average Bonchev–Trinajstić information content (AvgIpc) is 2.70. The van der Waals surface area contributed by atoms with Crippen molar-refractivity contribution in [2.45, 2.75) is 13.0 Å². The minimum atomic E-state index is -0.268. The van der Waals surface area contributed by atoms with Crippen molar-refractivity contribution in [1.82, 2.24) is 10.2 Å². The summed E-state index contributed by atoms with van der Waals surface area (Å²) in [6.45, 7) is 5.18. The van der Waals surface area contributed by atoms with E-state index in [9.17, 15) is 9.59 Å². The van der Waals surface area contributed by atoms with E-state index in [0.717, 1.165) is 15.8 Å². The minimum Gasteiger partial charge on any atom is -0.491 e. The number of halogens is 1. The first kappa shape index (κ1) is 15.6. The molecule has 2 rings (SSSR count). The number of hydrogen-bond donors (Lipinski definition) is 1. The SMILES string of the molecule is C=CC(=O)NCCC(=O)N1CCOc2cccc(Br)c2C1. The normalized spacial score (nSPS) is 13.7. The molecule has 0 fully saturated rings. The van der Waals surface area contributed by atoms with Crippen LogP contribution in [0.2, 0.25) is 0 Å². The van der Waals surface area contributed by atoms with Crippen LogP contribution in [0.4, 0.5) is 0 Å². The van der Waals surface area contributed by atoms with Gasteiger partial charge < -0.3 is 15.0 Å². The van der Waals surface area contributed by atoms with Gasteiger partial charge in [-0.3, -0.25) is 9.59 Å². The van der Waals surface area contributed by atoms with Gasteiger partial charge in [0.25, 0.3) is 0 Å². The Kier molecular flexibility index (Phi) is 5.38. The number of ether oxygens (including phenoxy) is 1. The number of amides is 2. The van der Waals surface area contributed by atoms with Gasteiger partial charge in [0.2, 0.25) is 11.8 Å². The average molecular weight is 353 g/mol. The maximum absolute atomic E-state index is 12.2. The Morgan fingerprint density at radius 3 is 3.05 bits per heavy atom. The number of nitrogens with one attached hydrogen (secondary N) is 1. The molecule has 1 N–H and O–H groups in total. The van der Waals surface area contributed by atoms with E-state index in [1.54, 1.807) is 4.90 Å². The van der Waals surface area contributed by atoms with E-state index in [4.69, 9.17) is 4.74 Å². The van der Waals surface area contributed by atoms with E-state index in [1.807, 2.05) is 18.2 Å². The van der Waals surface area contributed by atoms with E-state index in [2.05, 4.69) is 27.8 Å². The van der Waals surface area contributed by atoms with Crippen molar-refractivity contribution in [2.24, 2.45) is 0 Å². The van der Waals surface area contributed by atoms with Crippen LogP contribution in [-0.2, 0) is 16.1 Å². The second kappa shape index (κ2) is 7.26. The Morgan fingerprint density at radius 1 is 1.48 bits per heavy atom. The third kappa shape index (κ3) is 4.07. The molecule has 0 unspecified atom stereocenters. The molecule has 1 aliphatic heterocycles. The van der Waals surface area contributed by atoms with Crippen molar-refractivity contribution < 1.29 is 14.3 Å². The first-order valence-corrected chi connectivity index (χ1v) is 7.49. The van der Waals surface area contributed by atoms with Crippen molar-refractivity contribution in [3.63, 3.8) is 0 Å². The summed E-state index contributed by atoms with van der Waals surface area (Å²) in [6.07, 6.45) is 1.46. The zero-order chi connectivity index (χ0) is 15.2. The molecule has 0 radical (unpaired) electrons. The number of carbonyl (C=O) groups is 2. The highest BCUT2D eigenvalue weighted by atomic mass is 79.9. The number of benzene rings is 1. The maximum Gasteiger partial charge on any atom is 0.243 e. The summed E-state index contributed by atoms with van der Waals surface area (Å²) in [5, 5.41) is 2.60. The standard InChI is InChI=1S/C15H17BrN2O3/c1-2-14(19)17-7-6-15(20)18-8-9-21-13-5-3-4-12(16)11(13)10-18/h2-5H,1,6-10H2,(H,17,19). The lowest BCUT2D eigenvalue weighted by Gasteiger charge is -2.20. The van der Waals surface area contributed by atoms with Gasteiger partial charge in [-0.05, 0) is 18.2 Å². The Balaban J connectivity index is 1.98. The molecular weight excluding hydrogens is 336 g/mol. The molecule has 0 saturated heterocycles. The number of hydrogen-bond acceptors (Lipinski definition) is 3. The number of nitrogens with zero attached hydrogens (tertiary/aromatic N) is 1. The third-order valence-electron chi connectivity index (χ3n) is 3.22. The van der Waals surface area contributed by atoms with Crippen LogP contribution in [-0.4, -0.2) is 36.4 Å². The van der Waals surface area contributed by atoms with Crippen molar-refractivity contribution in [1.29, 1.82) is 0 Å². The maximum atomic E-state index is 12.2. The van der Waals surface area contributed by atoms with Gasteiger partial charge in [-0.15, -0.1) is 0 Å². The Hall–Kier alpha value is -1.82. The summed E-state index contributed by atoms with van der Waals surface area (Å²) in [4.78, 5) is 25.0. The van der Waals surface area contributed by atoms with Gasteiger partial charge in [0.1, 0.15) is 12.4 Å². The molecule has 0 saturated carbocycles. The summed E-state index contributed by atoms with van der Waals surface area (Å²) < 4.78 is 6.59. The van der Waals surface area contributed by atoms with Crippen molar-refractivity contribution >= 4 is 27.7 Å². The second-order valence-electron chi connectivity index (χ2n) is 4.63. The second-order valence-corrected chi connectivity index (χ2v) is 5.48. The van der Waals surface area contributed by atoms with Crippen molar-refractivity contribution in [2.75, 3.05) is 19.7 Å². The highest BCUT2D eigenvalue weighted by Crippen LogP contribution is 2.29. The highest BCUT2D eigenvalue weighted by molar-refractivity contribution is 9.10. The molecule has 0 atom stereocenters. The predicted molar refractivity (Wildman–Crippen MR) is 82.9 cm³/mol. The quantitative estimate of drug-likeness (QED) is 0.841. The molecule has 1 aromatic carbocycles. The highest BCUT2D eigenvalue weighted by Gasteiger charge is 2.21. The van der Waals surface area contributed by atoms with Crippen LogP contribution >= 0.6 is 15.9 Å². The van der Waals surface area contributed by atoms with Gasteiger partial charge in [-0.1, -0.05) is 28.6 Å². The van der Waals surface area contributed by atoms with Crippen molar-refractivity contribution in [3.05, 3.63) is 40.9 Å². The molecule has 21 heavy (non-hydrogen) atoms. The van der Waals surface area contributed by atoms with E-state index < -0.39 is 0 Å². The van der Waals surface area contributed by atoms with E-state index in [-0.39, 0.29) is 18.2 Å². The molecule has 2 amide bonds. The van der Waals surface area contributed by atoms with Gasteiger partial charge in [-0.2, -0.15) is 0 Å². The minimum absolute atomic E-state index is 0.00781. The summed E-state index contributed by atoms with van der Waals surface area (Å²) >= 11 is 3.49. The van der Waals surface area contributed by atoms with Crippen LogP contribution in [0.3, 0.4) is 0 Å². The third-order valence-corrected chi connectivity index (χ3v) is 3.96. The molecule has 0 spiro atoms. The fourth-order valence-corrected chi connectivity index (χ4v) is 2.57. The zero-order valence-corrected chi connectivity index (χ0v) is 13.2. The molecule has 5 nitrogen and oxygen atoms in total. The van der Waals surface area contributed by atoms with Crippen LogP contribution in [0.15, 0.2) is 35.3 Å². The molecular formula is C15H17BrN2O3. The van der Waals surface area contributed by atoms with Crippen LogP contribution in [0, 0.1) is 0 Å². The first-order valence-electron chi connectivity index (χ1n) is 6.70. The van der Waals surface area contributed by atoms with E-state index >= 15 is 0 Å². The van der Waals surface area contributed by atoms with Gasteiger partial charge in [0.15, 0.2) is 0 Å². The Morgan fingerprint density at radius 2 is 2.29 bits per heavy atom. The fourth-order valence-electron chi connectivity index (χ4n) is 2.10. The molecule has 0 bridgehead atoms. The van der Waals surface area contributed by atoms with Gasteiger partial charge in [0.05, 0.1) is 13.1 Å². The molecule has 1 aromatic rings. The van der Waals surface area contributed by atoms with E-state index in [0.29, 0.717) is 26.2 Å². The van der Waals surface area contributed by atoms with Gasteiger partial charge in [-0.25, -0.2) is 0 Å². The molecule has 0 aliphatic carbocycles. The lowest BCUT2D eigenvalue weighted by Crippen LogP contribution is -2.35. The summed E-state index contributed by atoms with van der Waals surface area (Å²) in [6, 6.07) is 5.74. The lowest BCUT2D eigenvalue weighted by molar-refractivity contribution is -0.131. The lowest BCUT2D eigenvalue weighted by atomic mass is 10.2. The van der Waals surface area contributed by atoms with Crippen LogP contribution in [0.25, 0.3) is 0 Å². The zero-order valence-electron chi connectivity index (χ0n) is 11.6. The molecule has 6 heteroatoms. The molecule has 1 heterocycles.